The molecular weight excluding hydrogens is 320 g/mol. The molecule has 2 nitrogen and oxygen atoms in total. The second kappa shape index (κ2) is 21.2. The highest BCUT2D eigenvalue weighted by Gasteiger charge is 1.91. The predicted octanol–water partition coefficient (Wildman–Crippen LogP) is 7.25. The molecule has 0 saturated heterocycles. The minimum absolute atomic E-state index is 0.307. The predicted molar refractivity (Wildman–Crippen MR) is 114 cm³/mol. The molecule has 0 radical (unpaired) electrons. The van der Waals surface area contributed by atoms with Crippen LogP contribution in [-0.2, 0) is 9.53 Å². The van der Waals surface area contributed by atoms with Crippen molar-refractivity contribution in [3.63, 3.8) is 0 Å². The minimum atomic E-state index is -0.307. The molecule has 0 atom stereocenters. The Morgan fingerprint density at radius 3 is 1.73 bits per heavy atom. The lowest BCUT2D eigenvalue weighted by atomic mass is 10.1. The number of rotatable bonds is 16. The van der Waals surface area contributed by atoms with Gasteiger partial charge in [0.05, 0.1) is 6.61 Å². The van der Waals surface area contributed by atoms with E-state index in [1.54, 1.807) is 19.1 Å². The molecular formula is C24H38O2. The number of esters is 1. The van der Waals surface area contributed by atoms with Crippen molar-refractivity contribution in [3.05, 3.63) is 60.8 Å². The fourth-order valence-corrected chi connectivity index (χ4v) is 2.46. The Morgan fingerprint density at radius 2 is 1.15 bits per heavy atom. The number of allylic oxidation sites excluding steroid dienone is 9. The zero-order chi connectivity index (χ0) is 19.1. The van der Waals surface area contributed by atoms with E-state index in [0.717, 1.165) is 0 Å². The van der Waals surface area contributed by atoms with Gasteiger partial charge in [0.25, 0.3) is 0 Å². The van der Waals surface area contributed by atoms with Crippen molar-refractivity contribution >= 4 is 5.97 Å². The minimum Gasteiger partial charge on any atom is -0.463 e. The maximum absolute atomic E-state index is 11.0. The molecule has 0 saturated carbocycles. The van der Waals surface area contributed by atoms with Gasteiger partial charge in [-0.25, -0.2) is 4.79 Å². The molecule has 0 aromatic carbocycles. The van der Waals surface area contributed by atoms with Crippen molar-refractivity contribution < 1.29 is 9.53 Å². The first-order valence-electron chi connectivity index (χ1n) is 10.3. The molecule has 0 aliphatic heterocycles. The normalized spacial score (nSPS) is 12.5. The van der Waals surface area contributed by atoms with E-state index in [4.69, 9.17) is 4.74 Å². The maximum Gasteiger partial charge on any atom is 0.330 e. The summed E-state index contributed by atoms with van der Waals surface area (Å²) in [5, 5.41) is 0. The van der Waals surface area contributed by atoms with E-state index < -0.39 is 0 Å². The lowest BCUT2D eigenvalue weighted by molar-refractivity contribution is -0.137. The fourth-order valence-electron chi connectivity index (χ4n) is 2.46. The number of hydrogen-bond donors (Lipinski definition) is 0. The first kappa shape index (κ1) is 24.2. The van der Waals surface area contributed by atoms with Gasteiger partial charge < -0.3 is 4.74 Å². The van der Waals surface area contributed by atoms with Gasteiger partial charge in [0.2, 0.25) is 0 Å². The van der Waals surface area contributed by atoms with Gasteiger partial charge in [0.1, 0.15) is 0 Å². The highest BCUT2D eigenvalue weighted by molar-refractivity contribution is 5.82. The van der Waals surface area contributed by atoms with Gasteiger partial charge in [-0.1, -0.05) is 113 Å². The van der Waals surface area contributed by atoms with Crippen molar-refractivity contribution in [2.24, 2.45) is 0 Å². The van der Waals surface area contributed by atoms with Crippen molar-refractivity contribution in [2.75, 3.05) is 6.61 Å². The van der Waals surface area contributed by atoms with Crippen molar-refractivity contribution in [3.8, 4) is 0 Å². The Labute approximate surface area is 161 Å². The van der Waals surface area contributed by atoms with Crippen molar-refractivity contribution in [2.45, 2.75) is 78.1 Å². The number of unbranched alkanes of at least 4 members (excludes halogenated alkanes) is 9. The largest absolute Gasteiger partial charge is 0.463 e. The quantitative estimate of drug-likeness (QED) is 0.126. The summed E-state index contributed by atoms with van der Waals surface area (Å²) in [6.07, 6.45) is 32.7. The number of ether oxygens (including phenoxy) is 1. The Hall–Kier alpha value is -1.83. The van der Waals surface area contributed by atoms with Gasteiger partial charge in [-0.2, -0.15) is 0 Å². The van der Waals surface area contributed by atoms with Crippen LogP contribution in [0.3, 0.4) is 0 Å². The number of hydrogen-bond acceptors (Lipinski definition) is 2. The van der Waals surface area contributed by atoms with Crippen LogP contribution in [0.25, 0.3) is 0 Å². The van der Waals surface area contributed by atoms with E-state index in [-0.39, 0.29) is 5.97 Å². The highest BCUT2D eigenvalue weighted by atomic mass is 16.5. The fraction of sp³-hybridized carbons (Fsp3) is 0.542. The zero-order valence-electron chi connectivity index (χ0n) is 16.9. The summed E-state index contributed by atoms with van der Waals surface area (Å²) in [5.41, 5.74) is 0. The smallest absolute Gasteiger partial charge is 0.330 e. The molecule has 0 unspecified atom stereocenters. The summed E-state index contributed by atoms with van der Waals surface area (Å²) in [6.45, 7) is 4.47. The number of carbonyl (C=O) groups is 1. The number of carbonyl (C=O) groups excluding carboxylic acids is 1. The molecule has 26 heavy (non-hydrogen) atoms. The van der Waals surface area contributed by atoms with Crippen LogP contribution in [0.15, 0.2) is 60.8 Å². The molecule has 146 valence electrons. The third-order valence-corrected chi connectivity index (χ3v) is 3.91. The summed E-state index contributed by atoms with van der Waals surface area (Å²) in [5.74, 6) is -0.307. The van der Waals surface area contributed by atoms with Crippen LogP contribution >= 0.6 is 0 Å². The van der Waals surface area contributed by atoms with Crippen LogP contribution in [-0.4, -0.2) is 12.6 Å². The molecule has 0 bridgehead atoms. The van der Waals surface area contributed by atoms with Gasteiger partial charge in [0.15, 0.2) is 0 Å². The van der Waals surface area contributed by atoms with Crippen molar-refractivity contribution in [1.29, 1.82) is 0 Å². The molecule has 0 aromatic heterocycles. The van der Waals surface area contributed by atoms with Gasteiger partial charge in [-0.15, -0.1) is 0 Å². The van der Waals surface area contributed by atoms with Crippen molar-refractivity contribution in [1.82, 2.24) is 0 Å². The highest BCUT2D eigenvalue weighted by Crippen LogP contribution is 2.10. The van der Waals surface area contributed by atoms with Gasteiger partial charge >= 0.3 is 5.97 Å². The molecule has 0 spiro atoms. The molecule has 0 aliphatic rings. The summed E-state index contributed by atoms with van der Waals surface area (Å²) in [6, 6.07) is 0. The van der Waals surface area contributed by atoms with Crippen LogP contribution in [0, 0.1) is 0 Å². The van der Waals surface area contributed by atoms with Gasteiger partial charge in [-0.05, 0) is 19.8 Å². The summed E-state index contributed by atoms with van der Waals surface area (Å²) < 4.78 is 4.78. The molecule has 2 heteroatoms. The lowest BCUT2D eigenvalue weighted by Gasteiger charge is -2.00. The Kier molecular flexibility index (Phi) is 19.7. The molecule has 0 heterocycles. The molecule has 0 fully saturated rings. The van der Waals surface area contributed by atoms with E-state index in [1.165, 1.54) is 70.3 Å². The average Bonchev–Trinajstić information content (AvgIpc) is 2.64. The van der Waals surface area contributed by atoms with Gasteiger partial charge in [0, 0.05) is 6.08 Å². The SMILES string of the molecule is CCCCCCCCCCCC=CC=CC=CC=CC=CC(=O)OCC. The summed E-state index contributed by atoms with van der Waals surface area (Å²) >= 11 is 0. The van der Waals surface area contributed by atoms with Crippen LogP contribution in [0.2, 0.25) is 0 Å². The first-order valence-corrected chi connectivity index (χ1v) is 10.3. The van der Waals surface area contributed by atoms with E-state index in [1.807, 2.05) is 30.4 Å². The van der Waals surface area contributed by atoms with Crippen LogP contribution < -0.4 is 0 Å². The zero-order valence-corrected chi connectivity index (χ0v) is 16.9. The molecule has 0 aliphatic carbocycles. The molecule has 0 amide bonds. The van der Waals surface area contributed by atoms with Gasteiger partial charge in [-0.3, -0.25) is 0 Å². The Balaban J connectivity index is 3.51. The van der Waals surface area contributed by atoms with E-state index in [9.17, 15) is 4.79 Å². The third kappa shape index (κ3) is 20.2. The summed E-state index contributed by atoms with van der Waals surface area (Å²) in [7, 11) is 0. The van der Waals surface area contributed by atoms with Crippen LogP contribution in [0.1, 0.15) is 78.1 Å². The molecule has 0 rings (SSSR count). The standard InChI is InChI=1S/C24H38O2/c1-3-5-6-7-8-9-10-11-12-13-14-15-16-17-18-19-20-21-22-23-24(25)26-4-2/h14-23H,3-13H2,1-2H3. The monoisotopic (exact) mass is 358 g/mol. The summed E-state index contributed by atoms with van der Waals surface area (Å²) in [4.78, 5) is 11.0. The molecule has 0 aromatic rings. The van der Waals surface area contributed by atoms with Crippen LogP contribution in [0.4, 0.5) is 0 Å². The van der Waals surface area contributed by atoms with E-state index >= 15 is 0 Å². The topological polar surface area (TPSA) is 26.3 Å². The van der Waals surface area contributed by atoms with E-state index in [0.29, 0.717) is 6.61 Å². The average molecular weight is 359 g/mol. The third-order valence-electron chi connectivity index (χ3n) is 3.91. The molecule has 0 N–H and O–H groups in total. The van der Waals surface area contributed by atoms with E-state index in [2.05, 4.69) is 19.1 Å². The second-order valence-electron chi connectivity index (χ2n) is 6.31. The first-order chi connectivity index (χ1) is 12.8. The lowest BCUT2D eigenvalue weighted by Crippen LogP contribution is -1.98. The maximum atomic E-state index is 11.0. The Bertz CT molecular complexity index is 453. The Morgan fingerprint density at radius 1 is 0.654 bits per heavy atom. The van der Waals surface area contributed by atoms with Crippen LogP contribution in [0.5, 0.6) is 0 Å². The second-order valence-corrected chi connectivity index (χ2v) is 6.31.